The number of aryl methyl sites for hydroxylation is 1. The lowest BCUT2D eigenvalue weighted by molar-refractivity contribution is -0.137. The van der Waals surface area contributed by atoms with Gasteiger partial charge in [0.2, 0.25) is 0 Å². The van der Waals surface area contributed by atoms with E-state index in [1.807, 2.05) is 6.92 Å². The maximum absolute atomic E-state index is 12.5. The lowest BCUT2D eigenvalue weighted by Gasteiger charge is -2.09. The Kier molecular flexibility index (Phi) is 5.86. The molecular formula is C16H15F3N2O4S. The van der Waals surface area contributed by atoms with Gasteiger partial charge in [-0.25, -0.2) is 18.2 Å². The number of nitrogens with zero attached hydrogens (tertiary/aromatic N) is 1. The summed E-state index contributed by atoms with van der Waals surface area (Å²) in [6, 6.07) is 8.25. The van der Waals surface area contributed by atoms with Gasteiger partial charge in [0.1, 0.15) is 6.61 Å². The predicted molar refractivity (Wildman–Crippen MR) is 87.4 cm³/mol. The molecule has 140 valence electrons. The van der Waals surface area contributed by atoms with Crippen molar-refractivity contribution in [2.45, 2.75) is 18.1 Å². The Hall–Kier alpha value is -2.62. The zero-order valence-electron chi connectivity index (χ0n) is 13.6. The van der Waals surface area contributed by atoms with Crippen LogP contribution in [-0.4, -0.2) is 31.9 Å². The van der Waals surface area contributed by atoms with Gasteiger partial charge in [-0.05, 0) is 31.2 Å². The van der Waals surface area contributed by atoms with Crippen LogP contribution in [0.15, 0.2) is 47.6 Å². The number of carbonyl (C=O) groups is 1. The van der Waals surface area contributed by atoms with Crippen LogP contribution in [0.25, 0.3) is 0 Å². The minimum Gasteiger partial charge on any atom is -0.448 e. The van der Waals surface area contributed by atoms with Crippen LogP contribution in [0, 0.1) is 6.92 Å². The number of anilines is 1. The third-order valence-corrected chi connectivity index (χ3v) is 4.85. The van der Waals surface area contributed by atoms with E-state index in [1.54, 1.807) is 24.3 Å². The number of pyridine rings is 1. The highest BCUT2D eigenvalue weighted by Crippen LogP contribution is 2.28. The Labute approximate surface area is 147 Å². The molecule has 0 radical (unpaired) electrons. The fourth-order valence-electron chi connectivity index (χ4n) is 1.87. The van der Waals surface area contributed by atoms with Gasteiger partial charge in [-0.15, -0.1) is 0 Å². The zero-order valence-corrected chi connectivity index (χ0v) is 14.4. The first-order chi connectivity index (χ1) is 12.1. The molecule has 0 bridgehead atoms. The van der Waals surface area contributed by atoms with Crippen molar-refractivity contribution in [3.63, 3.8) is 0 Å². The lowest BCUT2D eigenvalue weighted by Crippen LogP contribution is -2.20. The topological polar surface area (TPSA) is 85.4 Å². The molecule has 1 heterocycles. The number of sulfone groups is 1. The Morgan fingerprint density at radius 2 is 1.81 bits per heavy atom. The predicted octanol–water partition coefficient (Wildman–Crippen LogP) is 3.43. The molecule has 1 amide bonds. The number of benzene rings is 1. The van der Waals surface area contributed by atoms with Crippen molar-refractivity contribution >= 4 is 21.6 Å². The second-order valence-corrected chi connectivity index (χ2v) is 7.38. The molecule has 0 aliphatic carbocycles. The zero-order chi connectivity index (χ0) is 19.4. The monoisotopic (exact) mass is 388 g/mol. The molecule has 0 unspecified atom stereocenters. The molecule has 1 aromatic carbocycles. The summed E-state index contributed by atoms with van der Waals surface area (Å²) in [4.78, 5) is 14.9. The van der Waals surface area contributed by atoms with Crippen molar-refractivity contribution in [2.75, 3.05) is 17.7 Å². The molecule has 1 N–H and O–H groups in total. The van der Waals surface area contributed by atoms with E-state index in [9.17, 15) is 26.4 Å². The highest BCUT2D eigenvalue weighted by molar-refractivity contribution is 7.91. The summed E-state index contributed by atoms with van der Waals surface area (Å²) in [5, 5.41) is 1.90. The molecule has 10 heteroatoms. The fraction of sp³-hybridized carbons (Fsp3) is 0.250. The summed E-state index contributed by atoms with van der Waals surface area (Å²) >= 11 is 0. The van der Waals surface area contributed by atoms with Crippen LogP contribution in [0.1, 0.15) is 11.1 Å². The van der Waals surface area contributed by atoms with Crippen LogP contribution in [0.2, 0.25) is 0 Å². The summed E-state index contributed by atoms with van der Waals surface area (Å²) in [6.07, 6.45) is -5.01. The standard InChI is InChI=1S/C16H15F3N2O4S/c1-11-2-5-13(6-3-11)21-15(22)25-8-9-26(23,24)14-7-4-12(10-20-14)16(17,18)19/h2-7,10H,8-9H2,1H3,(H,21,22). The van der Waals surface area contributed by atoms with Gasteiger partial charge in [0, 0.05) is 11.9 Å². The van der Waals surface area contributed by atoms with E-state index in [0.717, 1.165) is 11.6 Å². The maximum atomic E-state index is 12.5. The summed E-state index contributed by atoms with van der Waals surface area (Å²) in [7, 11) is -3.98. The molecular weight excluding hydrogens is 373 g/mol. The van der Waals surface area contributed by atoms with Crippen molar-refractivity contribution in [3.8, 4) is 0 Å². The van der Waals surface area contributed by atoms with Crippen LogP contribution in [0.4, 0.5) is 23.7 Å². The van der Waals surface area contributed by atoms with E-state index >= 15 is 0 Å². The SMILES string of the molecule is Cc1ccc(NC(=O)OCCS(=O)(=O)c2ccc(C(F)(F)F)cn2)cc1. The number of ether oxygens (including phenoxy) is 1. The molecule has 6 nitrogen and oxygen atoms in total. The molecule has 2 aromatic rings. The van der Waals surface area contributed by atoms with Gasteiger partial charge in [-0.1, -0.05) is 17.7 Å². The number of rotatable bonds is 5. The molecule has 0 saturated heterocycles. The van der Waals surface area contributed by atoms with E-state index in [1.165, 1.54) is 0 Å². The van der Waals surface area contributed by atoms with E-state index in [4.69, 9.17) is 4.74 Å². The smallest absolute Gasteiger partial charge is 0.417 e. The van der Waals surface area contributed by atoms with Crippen LogP contribution in [0.5, 0.6) is 0 Å². The van der Waals surface area contributed by atoms with Crippen molar-refractivity contribution in [1.82, 2.24) is 4.98 Å². The van der Waals surface area contributed by atoms with E-state index in [2.05, 4.69) is 10.3 Å². The first-order valence-electron chi connectivity index (χ1n) is 7.34. The summed E-state index contributed by atoms with van der Waals surface area (Å²) in [6.45, 7) is 1.41. The molecule has 0 aliphatic heterocycles. The van der Waals surface area contributed by atoms with Gasteiger partial charge < -0.3 is 4.74 Å². The minimum atomic E-state index is -4.60. The van der Waals surface area contributed by atoms with Crippen LogP contribution >= 0.6 is 0 Å². The largest absolute Gasteiger partial charge is 0.448 e. The average Bonchev–Trinajstić information content (AvgIpc) is 2.56. The number of carbonyl (C=O) groups excluding carboxylic acids is 1. The van der Waals surface area contributed by atoms with Crippen molar-refractivity contribution < 1.29 is 31.1 Å². The fourth-order valence-corrected chi connectivity index (χ4v) is 2.87. The Morgan fingerprint density at radius 1 is 1.15 bits per heavy atom. The first kappa shape index (κ1) is 19.7. The molecule has 0 fully saturated rings. The van der Waals surface area contributed by atoms with Crippen molar-refractivity contribution in [1.29, 1.82) is 0 Å². The van der Waals surface area contributed by atoms with Gasteiger partial charge in [0.25, 0.3) is 0 Å². The third-order valence-electron chi connectivity index (χ3n) is 3.27. The van der Waals surface area contributed by atoms with Crippen molar-refractivity contribution in [2.24, 2.45) is 0 Å². The van der Waals surface area contributed by atoms with E-state index in [0.29, 0.717) is 18.0 Å². The number of hydrogen-bond donors (Lipinski definition) is 1. The Morgan fingerprint density at radius 3 is 2.35 bits per heavy atom. The molecule has 1 aromatic heterocycles. The van der Waals surface area contributed by atoms with Crippen molar-refractivity contribution in [3.05, 3.63) is 53.7 Å². The van der Waals surface area contributed by atoms with E-state index < -0.39 is 45.1 Å². The van der Waals surface area contributed by atoms with Gasteiger partial charge in [-0.3, -0.25) is 5.32 Å². The minimum absolute atomic E-state index is 0.442. The number of nitrogens with one attached hydrogen (secondary N) is 1. The number of aromatic nitrogens is 1. The van der Waals surface area contributed by atoms with Gasteiger partial charge in [-0.2, -0.15) is 13.2 Å². The Balaban J connectivity index is 1.89. The molecule has 26 heavy (non-hydrogen) atoms. The normalized spacial score (nSPS) is 11.8. The molecule has 0 aliphatic rings. The number of halogens is 3. The number of alkyl halides is 3. The molecule has 2 rings (SSSR count). The maximum Gasteiger partial charge on any atom is 0.417 e. The molecule has 0 atom stereocenters. The van der Waals surface area contributed by atoms with Gasteiger partial charge in [0.15, 0.2) is 14.9 Å². The summed E-state index contributed by atoms with van der Waals surface area (Å²) in [5.41, 5.74) is 0.428. The van der Waals surface area contributed by atoms with Crippen LogP contribution < -0.4 is 5.32 Å². The number of amides is 1. The lowest BCUT2D eigenvalue weighted by atomic mass is 10.2. The summed E-state index contributed by atoms with van der Waals surface area (Å²) < 4.78 is 66.2. The number of hydrogen-bond acceptors (Lipinski definition) is 5. The van der Waals surface area contributed by atoms with Crippen LogP contribution in [0.3, 0.4) is 0 Å². The second-order valence-electron chi connectivity index (χ2n) is 5.33. The summed E-state index contributed by atoms with van der Waals surface area (Å²) in [5.74, 6) is -0.604. The van der Waals surface area contributed by atoms with Gasteiger partial charge in [0.05, 0.1) is 11.3 Å². The Bertz CT molecular complexity index is 864. The highest BCUT2D eigenvalue weighted by atomic mass is 32.2. The highest BCUT2D eigenvalue weighted by Gasteiger charge is 2.31. The molecule has 0 spiro atoms. The first-order valence-corrected chi connectivity index (χ1v) is 8.99. The van der Waals surface area contributed by atoms with Gasteiger partial charge >= 0.3 is 12.3 Å². The second kappa shape index (κ2) is 7.73. The van der Waals surface area contributed by atoms with E-state index in [-0.39, 0.29) is 0 Å². The average molecular weight is 388 g/mol. The quantitative estimate of drug-likeness (QED) is 0.848. The third kappa shape index (κ3) is 5.45. The molecule has 0 saturated carbocycles. The van der Waals surface area contributed by atoms with Crippen LogP contribution in [-0.2, 0) is 20.8 Å².